The molecule has 0 aromatic heterocycles. The lowest BCUT2D eigenvalue weighted by Crippen LogP contribution is -2.64. The molecule has 4 aliphatic rings. The smallest absolute Gasteiger partial charge is 0.431 e. The topological polar surface area (TPSA) is 21.7 Å². The van der Waals surface area contributed by atoms with Crippen LogP contribution < -0.4 is 36.1 Å². The van der Waals surface area contributed by atoms with Gasteiger partial charge in [-0.25, -0.2) is 0 Å². The van der Waals surface area contributed by atoms with Crippen LogP contribution in [0.25, 0.3) is 22.3 Å². The Morgan fingerprint density at radius 3 is 1.40 bits per heavy atom. The predicted octanol–water partition coefficient (Wildman–Crippen LogP) is 6.71. The molecule has 9 rings (SSSR count). The first-order valence-electron chi connectivity index (χ1n) is 15.4. The summed E-state index contributed by atoms with van der Waals surface area (Å²) >= 11 is 0. The molecular formula is C38H33B2NO2. The largest absolute Gasteiger partial charge is 0.551 e. The molecule has 4 aliphatic heterocycles. The molecule has 0 saturated heterocycles. The second-order valence-corrected chi connectivity index (χ2v) is 14.5. The van der Waals surface area contributed by atoms with E-state index in [1.54, 1.807) is 0 Å². The van der Waals surface area contributed by atoms with Crippen LogP contribution in [0.4, 0.5) is 17.1 Å². The van der Waals surface area contributed by atoms with Gasteiger partial charge in [0.15, 0.2) is 0 Å². The first-order valence-corrected chi connectivity index (χ1v) is 15.4. The van der Waals surface area contributed by atoms with Crippen LogP contribution in [0.15, 0.2) is 91.0 Å². The Hall–Kier alpha value is -4.37. The Morgan fingerprint density at radius 1 is 0.512 bits per heavy atom. The van der Waals surface area contributed by atoms with Crippen LogP contribution in [0.2, 0.25) is 0 Å². The first-order chi connectivity index (χ1) is 20.6. The van der Waals surface area contributed by atoms with Crippen molar-refractivity contribution in [3.05, 3.63) is 102 Å². The van der Waals surface area contributed by atoms with Crippen LogP contribution in [-0.4, -0.2) is 13.8 Å². The van der Waals surface area contributed by atoms with Crippen LogP contribution in [0.1, 0.15) is 52.7 Å². The second kappa shape index (κ2) is 8.17. The number of hydrogen-bond donors (Lipinski definition) is 0. The van der Waals surface area contributed by atoms with Gasteiger partial charge in [0.05, 0.1) is 0 Å². The van der Waals surface area contributed by atoms with Crippen molar-refractivity contribution < 1.29 is 9.31 Å². The maximum absolute atomic E-state index is 7.04. The van der Waals surface area contributed by atoms with Crippen LogP contribution in [-0.2, 0) is 10.8 Å². The van der Waals surface area contributed by atoms with Crippen LogP contribution >= 0.6 is 0 Å². The van der Waals surface area contributed by atoms with Crippen molar-refractivity contribution in [2.75, 3.05) is 4.90 Å². The molecule has 0 radical (unpaired) electrons. The van der Waals surface area contributed by atoms with Gasteiger partial charge in [-0.1, -0.05) is 102 Å². The van der Waals surface area contributed by atoms with Gasteiger partial charge in [-0.3, -0.25) is 0 Å². The molecule has 3 nitrogen and oxygen atoms in total. The van der Waals surface area contributed by atoms with E-state index in [-0.39, 0.29) is 24.7 Å². The van der Waals surface area contributed by atoms with E-state index in [4.69, 9.17) is 9.31 Å². The number of anilines is 3. The number of para-hydroxylation sites is 2. The maximum Gasteiger partial charge on any atom is 0.431 e. The SMILES string of the molecule is CC(C)(C)c1ccc2c(c1)OB1c3ccccc3N3c4ccccc4B4Oc5cc(C(C)(C)C)ccc5-c5cc-2c1c3c54. The quantitative estimate of drug-likeness (QED) is 0.198. The maximum atomic E-state index is 7.04. The molecule has 0 saturated carbocycles. The molecule has 4 heterocycles. The van der Waals surface area contributed by atoms with Crippen LogP contribution in [0.3, 0.4) is 0 Å². The van der Waals surface area contributed by atoms with Gasteiger partial charge in [0, 0.05) is 39.1 Å². The normalized spacial score (nSPS) is 15.0. The van der Waals surface area contributed by atoms with Gasteiger partial charge in [-0.15, -0.1) is 0 Å². The molecule has 0 unspecified atom stereocenters. The van der Waals surface area contributed by atoms with Crippen molar-refractivity contribution in [3.63, 3.8) is 0 Å². The molecule has 0 amide bonds. The second-order valence-electron chi connectivity index (χ2n) is 14.5. The van der Waals surface area contributed by atoms with Crippen molar-refractivity contribution in [1.82, 2.24) is 0 Å². The van der Waals surface area contributed by atoms with Gasteiger partial charge in [-0.05, 0) is 74.3 Å². The minimum Gasteiger partial charge on any atom is -0.551 e. The molecule has 0 spiro atoms. The van der Waals surface area contributed by atoms with E-state index >= 15 is 0 Å². The highest BCUT2D eigenvalue weighted by Crippen LogP contribution is 2.49. The van der Waals surface area contributed by atoms with Gasteiger partial charge >= 0.3 is 13.8 Å². The molecule has 0 atom stereocenters. The summed E-state index contributed by atoms with van der Waals surface area (Å²) < 4.78 is 14.1. The fourth-order valence-corrected chi connectivity index (χ4v) is 7.54. The molecule has 5 heteroatoms. The van der Waals surface area contributed by atoms with Gasteiger partial charge < -0.3 is 14.2 Å². The highest BCUT2D eigenvalue weighted by Gasteiger charge is 2.51. The van der Waals surface area contributed by atoms with Gasteiger partial charge in [0.2, 0.25) is 0 Å². The third-order valence-corrected chi connectivity index (χ3v) is 9.81. The highest BCUT2D eigenvalue weighted by atomic mass is 16.4. The molecule has 0 N–H and O–H groups in total. The fraction of sp³-hybridized carbons (Fsp3) is 0.211. The van der Waals surface area contributed by atoms with Gasteiger partial charge in [0.1, 0.15) is 11.5 Å². The summed E-state index contributed by atoms with van der Waals surface area (Å²) in [6.07, 6.45) is 0. The Morgan fingerprint density at radius 2 is 0.953 bits per heavy atom. The zero-order valence-electron chi connectivity index (χ0n) is 25.6. The first kappa shape index (κ1) is 25.2. The summed E-state index contributed by atoms with van der Waals surface area (Å²) in [5, 5.41) is 0. The zero-order valence-corrected chi connectivity index (χ0v) is 25.6. The lowest BCUT2D eigenvalue weighted by Gasteiger charge is -2.46. The third-order valence-electron chi connectivity index (χ3n) is 9.81. The minimum absolute atomic E-state index is 0.0275. The van der Waals surface area contributed by atoms with E-state index in [1.165, 1.54) is 61.2 Å². The standard InChI is InChI=1S/C38H33B2NO2/c1-37(2,3)22-15-17-24-26-21-27-25-18-16-23(38(4,5)6)20-33(25)43-40-29-12-8-10-14-31(29)41-30-13-9-7-11-28(30)39(42-32(24)19-22)34(26)36(41)35(27)40/h7-21H,1-6H3. The summed E-state index contributed by atoms with van der Waals surface area (Å²) in [4.78, 5) is 2.48. The highest BCUT2D eigenvalue weighted by molar-refractivity contribution is 6.91. The monoisotopic (exact) mass is 557 g/mol. The van der Waals surface area contributed by atoms with Crippen molar-refractivity contribution in [2.24, 2.45) is 0 Å². The molecule has 208 valence electrons. The van der Waals surface area contributed by atoms with Crippen molar-refractivity contribution in [2.45, 2.75) is 52.4 Å². The molecule has 5 aromatic rings. The summed E-state index contributed by atoms with van der Waals surface area (Å²) in [6.45, 7) is 13.2. The Labute approximate surface area is 254 Å². The van der Waals surface area contributed by atoms with E-state index in [9.17, 15) is 0 Å². The molecule has 0 fully saturated rings. The molecule has 0 aliphatic carbocycles. The van der Waals surface area contributed by atoms with Crippen molar-refractivity contribution in [1.29, 1.82) is 0 Å². The summed E-state index contributed by atoms with van der Waals surface area (Å²) in [5.74, 6) is 1.92. The van der Waals surface area contributed by atoms with E-state index in [1.807, 2.05) is 0 Å². The van der Waals surface area contributed by atoms with Gasteiger partial charge in [0.25, 0.3) is 0 Å². The fourth-order valence-electron chi connectivity index (χ4n) is 7.54. The van der Waals surface area contributed by atoms with Crippen molar-refractivity contribution in [3.8, 4) is 33.8 Å². The lowest BCUT2D eigenvalue weighted by atomic mass is 9.43. The number of fused-ring (bicyclic) bond motifs is 10. The molecule has 0 bridgehead atoms. The molecule has 43 heavy (non-hydrogen) atoms. The Bertz CT molecular complexity index is 1890. The molecular weight excluding hydrogens is 524 g/mol. The van der Waals surface area contributed by atoms with E-state index in [0.717, 1.165) is 22.6 Å². The average molecular weight is 557 g/mol. The lowest BCUT2D eigenvalue weighted by molar-refractivity contribution is 0.564. The zero-order chi connectivity index (χ0) is 29.4. The number of nitrogens with zero attached hydrogens (tertiary/aromatic N) is 1. The average Bonchev–Trinajstić information content (AvgIpc) is 2.99. The summed E-state index contributed by atoms with van der Waals surface area (Å²) in [7, 11) is 0. The number of hydrogen-bond acceptors (Lipinski definition) is 3. The van der Waals surface area contributed by atoms with Gasteiger partial charge in [-0.2, -0.15) is 0 Å². The summed E-state index contributed by atoms with van der Waals surface area (Å²) in [6, 6.07) is 33.6. The van der Waals surface area contributed by atoms with E-state index in [2.05, 4.69) is 137 Å². The number of rotatable bonds is 0. The summed E-state index contributed by atoms with van der Waals surface area (Å²) in [5.41, 5.74) is 15.9. The van der Waals surface area contributed by atoms with E-state index < -0.39 is 0 Å². The Kier molecular flexibility index (Phi) is 4.78. The number of benzene rings is 5. The molecule has 5 aromatic carbocycles. The van der Waals surface area contributed by atoms with Crippen LogP contribution in [0.5, 0.6) is 11.5 Å². The minimum atomic E-state index is -0.193. The van der Waals surface area contributed by atoms with E-state index in [0.29, 0.717) is 0 Å². The predicted molar refractivity (Wildman–Crippen MR) is 181 cm³/mol. The third kappa shape index (κ3) is 3.34. The van der Waals surface area contributed by atoms with Crippen LogP contribution in [0, 0.1) is 0 Å². The van der Waals surface area contributed by atoms with Crippen molar-refractivity contribution >= 4 is 52.7 Å². The Balaban J connectivity index is 1.41.